The van der Waals surface area contributed by atoms with Gasteiger partial charge in [0.1, 0.15) is 18.2 Å². The fourth-order valence-electron chi connectivity index (χ4n) is 2.78. The molecule has 0 saturated heterocycles. The summed E-state index contributed by atoms with van der Waals surface area (Å²) >= 11 is 12.0. The van der Waals surface area contributed by atoms with Crippen LogP contribution in [0.25, 0.3) is 0 Å². The van der Waals surface area contributed by atoms with E-state index in [-0.39, 0.29) is 6.61 Å². The molecule has 1 heterocycles. The van der Waals surface area contributed by atoms with E-state index in [1.54, 1.807) is 24.3 Å². The van der Waals surface area contributed by atoms with Gasteiger partial charge in [-0.15, -0.1) is 0 Å². The van der Waals surface area contributed by atoms with Gasteiger partial charge in [0.25, 0.3) is 0 Å². The topological polar surface area (TPSA) is 36.3 Å². The molecule has 0 unspecified atom stereocenters. The van der Waals surface area contributed by atoms with Gasteiger partial charge in [-0.05, 0) is 50.2 Å². The van der Waals surface area contributed by atoms with Gasteiger partial charge in [0.05, 0.1) is 18.8 Å². The number of aromatic nitrogens is 2. The Morgan fingerprint density at radius 2 is 1.75 bits per heavy atom. The van der Waals surface area contributed by atoms with Crippen molar-refractivity contribution in [3.05, 3.63) is 80.8 Å². The van der Waals surface area contributed by atoms with Crippen LogP contribution in [0.3, 0.4) is 0 Å². The molecule has 0 radical (unpaired) electrons. The Balaban J connectivity index is 1.78. The van der Waals surface area contributed by atoms with E-state index in [0.717, 1.165) is 17.0 Å². The number of nitrogens with zero attached hydrogens (tertiary/aromatic N) is 2. The van der Waals surface area contributed by atoms with Crippen LogP contribution in [0.4, 0.5) is 4.39 Å². The first-order valence-corrected chi connectivity index (χ1v) is 9.68. The van der Waals surface area contributed by atoms with Gasteiger partial charge in [-0.1, -0.05) is 29.3 Å². The zero-order chi connectivity index (χ0) is 20.1. The van der Waals surface area contributed by atoms with Crippen LogP contribution in [0.15, 0.2) is 42.5 Å². The summed E-state index contributed by atoms with van der Waals surface area (Å²) < 4.78 is 27.2. The minimum atomic E-state index is -0.397. The highest BCUT2D eigenvalue weighted by Crippen LogP contribution is 2.26. The summed E-state index contributed by atoms with van der Waals surface area (Å²) in [6.07, 6.45) is 0. The molecule has 0 saturated carbocycles. The van der Waals surface area contributed by atoms with Crippen molar-refractivity contribution < 1.29 is 13.9 Å². The summed E-state index contributed by atoms with van der Waals surface area (Å²) in [6.45, 7) is 5.61. The zero-order valence-corrected chi connectivity index (χ0v) is 17.2. The van der Waals surface area contributed by atoms with Crippen LogP contribution in [0, 0.1) is 12.7 Å². The molecule has 0 aliphatic heterocycles. The number of ether oxygens (including phenoxy) is 2. The van der Waals surface area contributed by atoms with E-state index < -0.39 is 5.82 Å². The third-order valence-electron chi connectivity index (χ3n) is 4.23. The molecular weight excluding hydrogens is 402 g/mol. The van der Waals surface area contributed by atoms with Crippen molar-refractivity contribution in [3.8, 4) is 5.75 Å². The number of aryl methyl sites for hydroxylation is 1. The summed E-state index contributed by atoms with van der Waals surface area (Å²) in [5.41, 5.74) is 3.16. The normalized spacial score (nSPS) is 11.0. The van der Waals surface area contributed by atoms with Crippen molar-refractivity contribution in [2.45, 2.75) is 33.6 Å². The SMILES string of the molecule is CCOCc1cc(C)n(Cc2cc(Cl)ccc2OCc2ccc(Cl)cc2F)n1. The van der Waals surface area contributed by atoms with Gasteiger partial charge in [-0.25, -0.2) is 4.39 Å². The van der Waals surface area contributed by atoms with Gasteiger partial charge in [0.2, 0.25) is 0 Å². The summed E-state index contributed by atoms with van der Waals surface area (Å²) in [5.74, 6) is 0.228. The number of hydrogen-bond acceptors (Lipinski definition) is 3. The lowest BCUT2D eigenvalue weighted by Gasteiger charge is -2.13. The zero-order valence-electron chi connectivity index (χ0n) is 15.7. The summed E-state index contributed by atoms with van der Waals surface area (Å²) in [4.78, 5) is 0. The van der Waals surface area contributed by atoms with E-state index in [1.807, 2.05) is 30.7 Å². The maximum Gasteiger partial charge on any atom is 0.131 e. The number of hydrogen-bond donors (Lipinski definition) is 0. The fourth-order valence-corrected chi connectivity index (χ4v) is 3.14. The predicted molar refractivity (Wildman–Crippen MR) is 109 cm³/mol. The highest BCUT2D eigenvalue weighted by atomic mass is 35.5. The van der Waals surface area contributed by atoms with E-state index in [2.05, 4.69) is 5.10 Å². The van der Waals surface area contributed by atoms with Crippen molar-refractivity contribution in [3.63, 3.8) is 0 Å². The van der Waals surface area contributed by atoms with Crippen molar-refractivity contribution in [1.29, 1.82) is 0 Å². The summed E-state index contributed by atoms with van der Waals surface area (Å²) in [6, 6.07) is 11.9. The Morgan fingerprint density at radius 3 is 2.50 bits per heavy atom. The van der Waals surface area contributed by atoms with E-state index in [4.69, 9.17) is 32.7 Å². The molecule has 0 spiro atoms. The molecule has 3 rings (SSSR count). The highest BCUT2D eigenvalue weighted by molar-refractivity contribution is 6.30. The van der Waals surface area contributed by atoms with Crippen molar-refractivity contribution in [1.82, 2.24) is 9.78 Å². The highest BCUT2D eigenvalue weighted by Gasteiger charge is 2.11. The molecule has 0 aliphatic rings. The van der Waals surface area contributed by atoms with Crippen LogP contribution in [0.5, 0.6) is 5.75 Å². The lowest BCUT2D eigenvalue weighted by atomic mass is 10.2. The molecule has 0 atom stereocenters. The first-order chi connectivity index (χ1) is 13.5. The minimum Gasteiger partial charge on any atom is -0.488 e. The predicted octanol–water partition coefficient (Wildman–Crippen LogP) is 5.80. The number of benzene rings is 2. The molecule has 0 N–H and O–H groups in total. The van der Waals surface area contributed by atoms with Gasteiger partial charge in [-0.3, -0.25) is 4.68 Å². The molecule has 3 aromatic rings. The van der Waals surface area contributed by atoms with Crippen LogP contribution in [-0.4, -0.2) is 16.4 Å². The molecule has 0 amide bonds. The molecule has 4 nitrogen and oxygen atoms in total. The smallest absolute Gasteiger partial charge is 0.131 e. The minimum absolute atomic E-state index is 0.0886. The molecule has 0 aliphatic carbocycles. The van der Waals surface area contributed by atoms with Gasteiger partial charge < -0.3 is 9.47 Å². The second kappa shape index (κ2) is 9.41. The van der Waals surface area contributed by atoms with E-state index in [1.165, 1.54) is 6.07 Å². The van der Waals surface area contributed by atoms with E-state index >= 15 is 0 Å². The molecule has 7 heteroatoms. The van der Waals surface area contributed by atoms with Gasteiger partial charge in [0.15, 0.2) is 0 Å². The van der Waals surface area contributed by atoms with Crippen LogP contribution < -0.4 is 4.74 Å². The van der Waals surface area contributed by atoms with Crippen LogP contribution in [0.1, 0.15) is 29.4 Å². The average molecular weight is 423 g/mol. The maximum atomic E-state index is 14.0. The molecule has 2 aromatic carbocycles. The molecular formula is C21H21Cl2FN2O2. The Morgan fingerprint density at radius 1 is 1.00 bits per heavy atom. The van der Waals surface area contributed by atoms with Crippen molar-refractivity contribution in [2.75, 3.05) is 6.61 Å². The fraction of sp³-hybridized carbons (Fsp3) is 0.286. The third kappa shape index (κ3) is 5.25. The van der Waals surface area contributed by atoms with Crippen molar-refractivity contribution in [2.24, 2.45) is 0 Å². The van der Waals surface area contributed by atoms with Crippen LogP contribution >= 0.6 is 23.2 Å². The Hall–Kier alpha value is -2.08. The molecule has 28 heavy (non-hydrogen) atoms. The lowest BCUT2D eigenvalue weighted by Crippen LogP contribution is -2.07. The second-order valence-corrected chi connectivity index (χ2v) is 7.22. The monoisotopic (exact) mass is 422 g/mol. The number of halogens is 3. The Kier molecular flexibility index (Phi) is 6.94. The quantitative estimate of drug-likeness (QED) is 0.459. The maximum absolute atomic E-state index is 14.0. The number of rotatable bonds is 8. The Bertz CT molecular complexity index is 960. The summed E-state index contributed by atoms with van der Waals surface area (Å²) in [7, 11) is 0. The van der Waals surface area contributed by atoms with Gasteiger partial charge in [-0.2, -0.15) is 5.10 Å². The van der Waals surface area contributed by atoms with E-state index in [0.29, 0.717) is 41.1 Å². The second-order valence-electron chi connectivity index (χ2n) is 6.35. The van der Waals surface area contributed by atoms with Gasteiger partial charge >= 0.3 is 0 Å². The van der Waals surface area contributed by atoms with Crippen molar-refractivity contribution >= 4 is 23.2 Å². The van der Waals surface area contributed by atoms with Gasteiger partial charge in [0, 0.05) is 33.5 Å². The first-order valence-electron chi connectivity index (χ1n) is 8.92. The standard InChI is InChI=1S/C21H21Cl2FN2O2/c1-3-27-13-19-8-14(2)26(25-19)11-16-9-17(22)6-7-21(16)28-12-15-4-5-18(23)10-20(15)24/h4-10H,3,11-13H2,1-2H3. The molecule has 148 valence electrons. The van der Waals surface area contributed by atoms with Crippen LogP contribution in [-0.2, 0) is 24.5 Å². The summed E-state index contributed by atoms with van der Waals surface area (Å²) in [5, 5.41) is 5.52. The lowest BCUT2D eigenvalue weighted by molar-refractivity contribution is 0.131. The van der Waals surface area contributed by atoms with E-state index in [9.17, 15) is 4.39 Å². The molecule has 1 aromatic heterocycles. The Labute approximate surface area is 173 Å². The molecule has 0 fully saturated rings. The third-order valence-corrected chi connectivity index (χ3v) is 4.70. The largest absolute Gasteiger partial charge is 0.488 e. The first kappa shape index (κ1) is 20.6. The van der Waals surface area contributed by atoms with Crippen LogP contribution in [0.2, 0.25) is 10.0 Å². The molecule has 0 bridgehead atoms. The average Bonchev–Trinajstić information content (AvgIpc) is 3.00.